The van der Waals surface area contributed by atoms with Gasteiger partial charge < -0.3 is 10.4 Å². The van der Waals surface area contributed by atoms with Crippen LogP contribution in [0.25, 0.3) is 0 Å². The Hall–Kier alpha value is -0.720. The second kappa shape index (κ2) is 5.39. The molecule has 0 heterocycles. The summed E-state index contributed by atoms with van der Waals surface area (Å²) in [4.78, 5) is -0.720. The molecule has 76 valence electrons. The summed E-state index contributed by atoms with van der Waals surface area (Å²) < 4.78 is 36.1. The molecule has 1 rings (SSSR count). The van der Waals surface area contributed by atoms with E-state index in [-0.39, 0.29) is 35.1 Å². The number of hydrogen-bond acceptors (Lipinski definition) is 2. The van der Waals surface area contributed by atoms with Gasteiger partial charge in [-0.25, -0.2) is 0 Å². The molecule has 0 bridgehead atoms. The summed E-state index contributed by atoms with van der Waals surface area (Å²) in [5.41, 5.74) is -0.694. The van der Waals surface area contributed by atoms with Gasteiger partial charge in [0.05, 0.1) is 5.56 Å². The second-order valence-electron chi connectivity index (χ2n) is 2.53. The zero-order chi connectivity index (χ0) is 10.8. The van der Waals surface area contributed by atoms with Crippen molar-refractivity contribution in [2.75, 3.05) is 0 Å². The van der Waals surface area contributed by atoms with E-state index in [1.54, 1.807) is 0 Å². The van der Waals surface area contributed by atoms with E-state index < -0.39 is 16.6 Å². The maximum absolute atomic E-state index is 12.0. The molecular weight excluding hydrogens is 222 g/mol. The predicted octanol–water partition coefficient (Wildman–Crippen LogP) is -0.864. The first-order valence-corrected chi connectivity index (χ1v) is 3.55. The average Bonchev–Trinajstić information content (AvgIpc) is 2.02. The van der Waals surface area contributed by atoms with E-state index in [1.165, 1.54) is 0 Å². The number of nitrogens with zero attached hydrogens (tertiary/aromatic N) is 1. The first-order valence-electron chi connectivity index (χ1n) is 3.55. The van der Waals surface area contributed by atoms with Crippen molar-refractivity contribution in [1.82, 2.24) is 0 Å². The Balaban J connectivity index is 0.00000196. The van der Waals surface area contributed by atoms with Gasteiger partial charge in [-0.15, -0.1) is 0 Å². The van der Waals surface area contributed by atoms with Crippen molar-refractivity contribution in [2.45, 2.75) is 6.18 Å². The van der Waals surface area contributed by atoms with Crippen molar-refractivity contribution in [3.8, 4) is 0 Å². The number of halogens is 3. The molecule has 15 heavy (non-hydrogen) atoms. The fraction of sp³-hybridized carbons (Fsp3) is 0.125. The predicted molar refractivity (Wildman–Crippen MR) is 43.6 cm³/mol. The number of hydrogen-bond donors (Lipinski definition) is 0. The molecule has 0 aliphatic heterocycles. The fourth-order valence-corrected chi connectivity index (χ4v) is 0.880. The van der Waals surface area contributed by atoms with Crippen LogP contribution in [0, 0.1) is 10.4 Å². The van der Waals surface area contributed by atoms with E-state index in [1.807, 2.05) is 0 Å². The minimum absolute atomic E-state index is 0. The van der Waals surface area contributed by atoms with E-state index in [4.69, 9.17) is 0 Å². The zero-order valence-corrected chi connectivity index (χ0v) is 9.78. The fourth-order valence-electron chi connectivity index (χ4n) is 0.880. The summed E-state index contributed by atoms with van der Waals surface area (Å²) in [6.45, 7) is 0. The molecule has 1 aromatic rings. The van der Waals surface area contributed by atoms with Gasteiger partial charge >= 0.3 is 35.7 Å². The minimum Gasteiger partial charge on any atom is -0.612 e. The van der Waals surface area contributed by atoms with Gasteiger partial charge in [0.1, 0.15) is 0 Å². The van der Waals surface area contributed by atoms with Crippen LogP contribution in [0.4, 0.5) is 13.2 Å². The van der Waals surface area contributed by atoms with E-state index in [0.717, 1.165) is 24.3 Å². The third-order valence-electron chi connectivity index (χ3n) is 1.49. The molecule has 0 atom stereocenters. The van der Waals surface area contributed by atoms with Gasteiger partial charge in [0.15, 0.2) is 6.21 Å². The molecule has 0 aliphatic rings. The normalized spacial score (nSPS) is 10.3. The van der Waals surface area contributed by atoms with Crippen molar-refractivity contribution >= 4 is 6.21 Å². The molecule has 0 saturated heterocycles. The van der Waals surface area contributed by atoms with Crippen molar-refractivity contribution < 1.29 is 47.6 Å². The van der Waals surface area contributed by atoms with Gasteiger partial charge in [-0.1, -0.05) is 0 Å². The monoisotopic (exact) mass is 227 g/mol. The molecule has 1 aromatic carbocycles. The Morgan fingerprint density at radius 3 is 1.87 bits per heavy atom. The summed E-state index contributed by atoms with van der Waals surface area (Å²) in [5.74, 6) is 0. The summed E-state index contributed by atoms with van der Waals surface area (Å²) >= 11 is 0. The third-order valence-corrected chi connectivity index (χ3v) is 1.49. The summed E-state index contributed by atoms with van der Waals surface area (Å²) in [6.07, 6.45) is -3.77. The second-order valence-corrected chi connectivity index (χ2v) is 2.53. The van der Waals surface area contributed by atoms with Crippen LogP contribution >= 0.6 is 0 Å². The van der Waals surface area contributed by atoms with E-state index in [9.17, 15) is 23.6 Å². The van der Waals surface area contributed by atoms with Gasteiger partial charge in [0, 0.05) is 5.56 Å². The smallest absolute Gasteiger partial charge is 0.612 e. The van der Waals surface area contributed by atoms with Crippen LogP contribution < -0.4 is 29.6 Å². The molecule has 0 spiro atoms. The molecule has 0 aliphatic carbocycles. The van der Waals surface area contributed by atoms with E-state index in [0.29, 0.717) is 6.21 Å². The molecule has 0 amide bonds. The molecule has 0 N–H and O–H groups in total. The Labute approximate surface area is 106 Å². The van der Waals surface area contributed by atoms with Crippen molar-refractivity contribution in [3.63, 3.8) is 0 Å². The number of alkyl halides is 3. The molecular formula is C8H5F3NNaO2. The topological polar surface area (TPSA) is 49.1 Å². The summed E-state index contributed by atoms with van der Waals surface area (Å²) in [6, 6.07) is 3.70. The van der Waals surface area contributed by atoms with Crippen LogP contribution in [0.1, 0.15) is 11.1 Å². The van der Waals surface area contributed by atoms with Crippen LogP contribution in [0.2, 0.25) is 0 Å². The van der Waals surface area contributed by atoms with Gasteiger partial charge in [0.25, 0.3) is 0 Å². The maximum Gasteiger partial charge on any atom is 1.00 e. The molecule has 0 fully saturated rings. The van der Waals surface area contributed by atoms with Crippen molar-refractivity contribution in [2.24, 2.45) is 0 Å². The van der Waals surface area contributed by atoms with Crippen LogP contribution in [0.15, 0.2) is 24.3 Å². The Bertz CT molecular complexity index is 344. The molecule has 0 saturated carbocycles. The molecule has 0 radical (unpaired) electrons. The van der Waals surface area contributed by atoms with Crippen molar-refractivity contribution in [3.05, 3.63) is 45.8 Å². The van der Waals surface area contributed by atoms with Crippen LogP contribution in [0.5, 0.6) is 0 Å². The SMILES string of the molecule is [Na+].[O-][N+]([O-])=Cc1ccc(C(F)(F)F)cc1. The van der Waals surface area contributed by atoms with Gasteiger partial charge in [-0.2, -0.15) is 18.1 Å². The minimum atomic E-state index is -4.41. The van der Waals surface area contributed by atoms with Gasteiger partial charge in [-0.05, 0) is 24.3 Å². The van der Waals surface area contributed by atoms with Crippen LogP contribution in [-0.2, 0) is 6.18 Å². The maximum atomic E-state index is 12.0. The number of benzene rings is 1. The Kier molecular flexibility index (Phi) is 5.13. The molecule has 3 nitrogen and oxygen atoms in total. The first-order chi connectivity index (χ1) is 6.39. The summed E-state index contributed by atoms with van der Waals surface area (Å²) in [5, 5.41) is 20.0. The van der Waals surface area contributed by atoms with E-state index >= 15 is 0 Å². The average molecular weight is 227 g/mol. The van der Waals surface area contributed by atoms with Crippen LogP contribution in [-0.4, -0.2) is 11.1 Å². The Morgan fingerprint density at radius 2 is 1.53 bits per heavy atom. The zero-order valence-electron chi connectivity index (χ0n) is 7.78. The van der Waals surface area contributed by atoms with Gasteiger partial charge in [-0.3, -0.25) is 0 Å². The Morgan fingerprint density at radius 1 is 1.07 bits per heavy atom. The third kappa shape index (κ3) is 4.55. The largest absolute Gasteiger partial charge is 1.00 e. The quantitative estimate of drug-likeness (QED) is 0.271. The molecule has 0 unspecified atom stereocenters. The van der Waals surface area contributed by atoms with Crippen molar-refractivity contribution in [1.29, 1.82) is 0 Å². The standard InChI is InChI=1S/C8H5F3NO2.Na/c9-8(10,11)7-3-1-6(2-4-7)5-12(13)14;/h1-5H;/q-1;+1. The van der Waals surface area contributed by atoms with Crippen LogP contribution in [0.3, 0.4) is 0 Å². The molecule has 7 heteroatoms. The number of rotatable bonds is 1. The first kappa shape index (κ1) is 14.3. The molecule has 0 aromatic heterocycles. The van der Waals surface area contributed by atoms with E-state index in [2.05, 4.69) is 0 Å². The van der Waals surface area contributed by atoms with Gasteiger partial charge in [0.2, 0.25) is 0 Å². The summed E-state index contributed by atoms with van der Waals surface area (Å²) in [7, 11) is 0.